The van der Waals surface area contributed by atoms with Gasteiger partial charge in [-0.3, -0.25) is 4.90 Å². The molecule has 2 unspecified atom stereocenters. The zero-order valence-electron chi connectivity index (χ0n) is 12.0. The first-order valence-electron chi connectivity index (χ1n) is 7.26. The van der Waals surface area contributed by atoms with Gasteiger partial charge in [-0.2, -0.15) is 11.3 Å². The van der Waals surface area contributed by atoms with Gasteiger partial charge in [0.1, 0.15) is 0 Å². The zero-order chi connectivity index (χ0) is 13.9. The second-order valence-electron chi connectivity index (χ2n) is 5.92. The summed E-state index contributed by atoms with van der Waals surface area (Å²) >= 11 is 1.71. The predicted octanol–water partition coefficient (Wildman–Crippen LogP) is 2.76. The van der Waals surface area contributed by atoms with Crippen LogP contribution in [0.4, 0.5) is 0 Å². The Bertz CT molecular complexity index is 374. The maximum atomic E-state index is 10.6. The van der Waals surface area contributed by atoms with E-state index in [0.717, 1.165) is 38.6 Å². The van der Waals surface area contributed by atoms with Gasteiger partial charge in [-0.05, 0) is 48.7 Å². The van der Waals surface area contributed by atoms with Crippen molar-refractivity contribution in [2.24, 2.45) is 5.73 Å². The van der Waals surface area contributed by atoms with Gasteiger partial charge in [-0.25, -0.2) is 0 Å². The Hall–Kier alpha value is -0.420. The highest BCUT2D eigenvalue weighted by Gasteiger charge is 2.35. The molecule has 2 atom stereocenters. The minimum absolute atomic E-state index is 0.115. The topological polar surface area (TPSA) is 49.5 Å². The quantitative estimate of drug-likeness (QED) is 0.843. The molecule has 0 radical (unpaired) electrons. The molecule has 0 aromatic carbocycles. The molecule has 1 heterocycles. The van der Waals surface area contributed by atoms with Crippen LogP contribution < -0.4 is 5.73 Å². The molecule has 1 aliphatic carbocycles. The maximum Gasteiger partial charge on any atom is 0.0774 e. The van der Waals surface area contributed by atoms with Crippen LogP contribution in [0.15, 0.2) is 16.8 Å². The minimum Gasteiger partial charge on any atom is -0.389 e. The lowest BCUT2D eigenvalue weighted by molar-refractivity contribution is 0.00170. The summed E-state index contributed by atoms with van der Waals surface area (Å²) in [5.41, 5.74) is 7.09. The van der Waals surface area contributed by atoms with E-state index >= 15 is 0 Å². The molecule has 2 rings (SSSR count). The molecule has 1 aromatic heterocycles. The molecule has 0 amide bonds. The summed E-state index contributed by atoms with van der Waals surface area (Å²) < 4.78 is 0. The normalized spacial score (nSPS) is 21.7. The van der Waals surface area contributed by atoms with E-state index in [0.29, 0.717) is 0 Å². The van der Waals surface area contributed by atoms with E-state index < -0.39 is 5.60 Å². The van der Waals surface area contributed by atoms with Crippen molar-refractivity contribution in [1.29, 1.82) is 0 Å². The fraction of sp³-hybridized carbons (Fsp3) is 0.733. The second-order valence-corrected chi connectivity index (χ2v) is 6.70. The van der Waals surface area contributed by atoms with Crippen LogP contribution >= 0.6 is 11.3 Å². The number of hydrogen-bond acceptors (Lipinski definition) is 4. The molecule has 4 heteroatoms. The molecule has 0 saturated heterocycles. The predicted molar refractivity (Wildman–Crippen MR) is 81.4 cm³/mol. The van der Waals surface area contributed by atoms with E-state index in [1.807, 2.05) is 0 Å². The Kier molecular flexibility index (Phi) is 5.01. The van der Waals surface area contributed by atoms with Crippen LogP contribution in [0.25, 0.3) is 0 Å². The first-order valence-corrected chi connectivity index (χ1v) is 8.20. The molecule has 1 fully saturated rings. The summed E-state index contributed by atoms with van der Waals surface area (Å²) in [6.45, 7) is 2.85. The van der Waals surface area contributed by atoms with E-state index in [-0.39, 0.29) is 12.1 Å². The highest BCUT2D eigenvalue weighted by Crippen LogP contribution is 2.33. The number of nitrogens with zero attached hydrogens (tertiary/aromatic N) is 1. The third-order valence-corrected chi connectivity index (χ3v) is 5.02. The van der Waals surface area contributed by atoms with E-state index in [1.54, 1.807) is 11.3 Å². The molecule has 3 N–H and O–H groups in total. The van der Waals surface area contributed by atoms with Gasteiger partial charge in [0.25, 0.3) is 0 Å². The largest absolute Gasteiger partial charge is 0.389 e. The van der Waals surface area contributed by atoms with Gasteiger partial charge in [0.15, 0.2) is 0 Å². The summed E-state index contributed by atoms with van der Waals surface area (Å²) in [4.78, 5) is 2.25. The molecule has 19 heavy (non-hydrogen) atoms. The number of likely N-dealkylation sites (N-methyl/N-ethyl adjacent to an activating group) is 1. The SMILES string of the molecule is CCC(N)C(c1ccsc1)N(C)CC1(O)CCCC1. The Labute approximate surface area is 120 Å². The van der Waals surface area contributed by atoms with Crippen LogP contribution in [0.1, 0.15) is 50.6 Å². The lowest BCUT2D eigenvalue weighted by Crippen LogP contribution is -2.46. The number of hydrogen-bond donors (Lipinski definition) is 2. The molecular weight excluding hydrogens is 256 g/mol. The van der Waals surface area contributed by atoms with Crippen molar-refractivity contribution in [3.05, 3.63) is 22.4 Å². The maximum absolute atomic E-state index is 10.6. The highest BCUT2D eigenvalue weighted by molar-refractivity contribution is 7.07. The zero-order valence-corrected chi connectivity index (χ0v) is 12.8. The fourth-order valence-corrected chi connectivity index (χ4v) is 3.94. The van der Waals surface area contributed by atoms with E-state index in [1.165, 1.54) is 5.56 Å². The van der Waals surface area contributed by atoms with Gasteiger partial charge in [-0.1, -0.05) is 19.8 Å². The molecule has 0 aliphatic heterocycles. The minimum atomic E-state index is -0.503. The van der Waals surface area contributed by atoms with Crippen molar-refractivity contribution in [1.82, 2.24) is 4.90 Å². The lowest BCUT2D eigenvalue weighted by Gasteiger charge is -2.36. The molecular formula is C15H26N2OS. The average molecular weight is 282 g/mol. The Morgan fingerprint density at radius 3 is 2.68 bits per heavy atom. The van der Waals surface area contributed by atoms with Crippen molar-refractivity contribution in [3.63, 3.8) is 0 Å². The van der Waals surface area contributed by atoms with Gasteiger partial charge < -0.3 is 10.8 Å². The molecule has 108 valence electrons. The Morgan fingerprint density at radius 1 is 1.47 bits per heavy atom. The van der Waals surface area contributed by atoms with Crippen LogP contribution in [0, 0.1) is 0 Å². The molecule has 3 nitrogen and oxygen atoms in total. The fourth-order valence-electron chi connectivity index (χ4n) is 3.25. The van der Waals surface area contributed by atoms with Crippen molar-refractivity contribution in [2.45, 2.75) is 56.7 Å². The first-order chi connectivity index (χ1) is 9.06. The standard InChI is InChI=1S/C15H26N2OS/c1-3-13(16)14(12-6-9-19-10-12)17(2)11-15(18)7-4-5-8-15/h6,9-10,13-14,18H,3-5,7-8,11,16H2,1-2H3. The summed E-state index contributed by atoms with van der Waals surface area (Å²) in [5, 5.41) is 14.9. The average Bonchev–Trinajstić information content (AvgIpc) is 3.01. The van der Waals surface area contributed by atoms with E-state index in [2.05, 4.69) is 35.7 Å². The van der Waals surface area contributed by atoms with Gasteiger partial charge in [0.2, 0.25) is 0 Å². The van der Waals surface area contributed by atoms with Crippen molar-refractivity contribution in [2.75, 3.05) is 13.6 Å². The summed E-state index contributed by atoms with van der Waals surface area (Å²) in [5.74, 6) is 0. The monoisotopic (exact) mass is 282 g/mol. The second kappa shape index (κ2) is 6.35. The Balaban J connectivity index is 2.09. The van der Waals surface area contributed by atoms with Crippen LogP contribution in [-0.4, -0.2) is 35.2 Å². The smallest absolute Gasteiger partial charge is 0.0774 e. The molecule has 0 spiro atoms. The van der Waals surface area contributed by atoms with Gasteiger partial charge >= 0.3 is 0 Å². The van der Waals surface area contributed by atoms with Crippen LogP contribution in [0.2, 0.25) is 0 Å². The van der Waals surface area contributed by atoms with Crippen LogP contribution in [0.3, 0.4) is 0 Å². The van der Waals surface area contributed by atoms with Gasteiger partial charge in [0, 0.05) is 12.6 Å². The number of aliphatic hydroxyl groups is 1. The first kappa shape index (κ1) is 15.0. The molecule has 1 aliphatic rings. The summed E-state index contributed by atoms with van der Waals surface area (Å²) in [6.07, 6.45) is 5.09. The Morgan fingerprint density at radius 2 is 2.16 bits per heavy atom. The number of nitrogens with two attached hydrogens (primary N) is 1. The third-order valence-electron chi connectivity index (χ3n) is 4.31. The molecule has 0 bridgehead atoms. The lowest BCUT2D eigenvalue weighted by atomic mass is 9.95. The van der Waals surface area contributed by atoms with Crippen LogP contribution in [0.5, 0.6) is 0 Å². The van der Waals surface area contributed by atoms with Gasteiger partial charge in [-0.15, -0.1) is 0 Å². The van der Waals surface area contributed by atoms with Gasteiger partial charge in [0.05, 0.1) is 11.6 Å². The molecule has 1 saturated carbocycles. The van der Waals surface area contributed by atoms with Crippen molar-refractivity contribution < 1.29 is 5.11 Å². The van der Waals surface area contributed by atoms with Crippen molar-refractivity contribution >= 4 is 11.3 Å². The third kappa shape index (κ3) is 3.57. The highest BCUT2D eigenvalue weighted by atomic mass is 32.1. The van der Waals surface area contributed by atoms with E-state index in [9.17, 15) is 5.11 Å². The summed E-state index contributed by atoms with van der Waals surface area (Å²) in [6, 6.07) is 2.48. The van der Waals surface area contributed by atoms with Crippen LogP contribution in [-0.2, 0) is 0 Å². The molecule has 1 aromatic rings. The van der Waals surface area contributed by atoms with Crippen molar-refractivity contribution in [3.8, 4) is 0 Å². The number of rotatable bonds is 6. The van der Waals surface area contributed by atoms with E-state index in [4.69, 9.17) is 5.73 Å². The summed E-state index contributed by atoms with van der Waals surface area (Å²) in [7, 11) is 2.09. The number of thiophene rings is 1.